The van der Waals surface area contributed by atoms with Crippen LogP contribution in [-0.4, -0.2) is 71.1 Å². The topological polar surface area (TPSA) is 90.6 Å². The smallest absolute Gasteiger partial charge is 0.318 e. The van der Waals surface area contributed by atoms with E-state index in [1.54, 1.807) is 0 Å². The van der Waals surface area contributed by atoms with Gasteiger partial charge in [-0.3, -0.25) is 0 Å². The van der Waals surface area contributed by atoms with E-state index in [0.717, 1.165) is 74.0 Å². The Kier molecular flexibility index (Phi) is 5.57. The number of carbonyl (C=O) groups is 1. The van der Waals surface area contributed by atoms with Crippen molar-refractivity contribution in [3.05, 3.63) is 35.4 Å². The SMILES string of the molecule is CN1CCN(c2cc(-c3ccc4c(c3)CN(C(=O)NC35CC6CC(CC(C6)C3)C5)CC4)nc(N)n2)CC1. The lowest BCUT2D eigenvalue weighted by molar-refractivity contribution is -0.0159. The van der Waals surface area contributed by atoms with Gasteiger partial charge in [0.1, 0.15) is 5.82 Å². The fourth-order valence-electron chi connectivity index (χ4n) is 8.26. The third-order valence-electron chi connectivity index (χ3n) is 9.77. The molecule has 4 bridgehead atoms. The monoisotopic (exact) mass is 501 g/mol. The summed E-state index contributed by atoms with van der Waals surface area (Å²) < 4.78 is 0. The molecule has 5 fully saturated rings. The summed E-state index contributed by atoms with van der Waals surface area (Å²) >= 11 is 0. The molecular formula is C29H39N7O. The lowest BCUT2D eigenvalue weighted by atomic mass is 9.53. The number of anilines is 2. The molecule has 3 heterocycles. The Morgan fingerprint density at radius 2 is 1.65 bits per heavy atom. The minimum atomic E-state index is 0.0477. The Morgan fingerprint density at radius 3 is 2.35 bits per heavy atom. The first-order valence-electron chi connectivity index (χ1n) is 14.2. The summed E-state index contributed by atoms with van der Waals surface area (Å²) in [6.07, 6.45) is 8.61. The average Bonchev–Trinajstić information content (AvgIpc) is 2.87. The molecule has 2 amide bonds. The van der Waals surface area contributed by atoms with E-state index in [-0.39, 0.29) is 11.6 Å². The zero-order valence-electron chi connectivity index (χ0n) is 22.0. The van der Waals surface area contributed by atoms with Gasteiger partial charge in [-0.2, -0.15) is 4.98 Å². The Bertz CT molecular complexity index is 1170. The highest BCUT2D eigenvalue weighted by Crippen LogP contribution is 2.55. The lowest BCUT2D eigenvalue weighted by Crippen LogP contribution is -2.62. The normalized spacial score (nSPS) is 30.9. The minimum absolute atomic E-state index is 0.0477. The number of likely N-dealkylation sites (N-methyl/N-ethyl adjacent to an activating group) is 1. The number of hydrogen-bond acceptors (Lipinski definition) is 6. The predicted molar refractivity (Wildman–Crippen MR) is 145 cm³/mol. The molecule has 3 N–H and O–H groups in total. The summed E-state index contributed by atoms with van der Waals surface area (Å²) in [6, 6.07) is 8.73. The number of nitrogens with zero attached hydrogens (tertiary/aromatic N) is 5. The average molecular weight is 502 g/mol. The molecule has 1 aromatic heterocycles. The van der Waals surface area contributed by atoms with Crippen molar-refractivity contribution in [2.75, 3.05) is 50.4 Å². The van der Waals surface area contributed by atoms with Crippen molar-refractivity contribution in [3.63, 3.8) is 0 Å². The number of urea groups is 1. The highest BCUT2D eigenvalue weighted by molar-refractivity contribution is 5.76. The number of amides is 2. The fraction of sp³-hybridized carbons (Fsp3) is 0.621. The second-order valence-electron chi connectivity index (χ2n) is 12.5. The van der Waals surface area contributed by atoms with E-state index in [9.17, 15) is 4.79 Å². The highest BCUT2D eigenvalue weighted by Gasteiger charge is 2.51. The molecule has 8 heteroatoms. The largest absolute Gasteiger partial charge is 0.368 e. The number of aromatic nitrogens is 2. The zero-order valence-corrected chi connectivity index (χ0v) is 22.0. The van der Waals surface area contributed by atoms with Crippen molar-refractivity contribution >= 4 is 17.8 Å². The summed E-state index contributed by atoms with van der Waals surface area (Å²) in [5.74, 6) is 3.68. The maximum absolute atomic E-state index is 13.5. The number of carbonyl (C=O) groups excluding carboxylic acids is 1. The van der Waals surface area contributed by atoms with E-state index in [2.05, 4.69) is 56.4 Å². The van der Waals surface area contributed by atoms with Crippen molar-refractivity contribution in [2.24, 2.45) is 17.8 Å². The molecule has 196 valence electrons. The van der Waals surface area contributed by atoms with Crippen molar-refractivity contribution in [3.8, 4) is 11.3 Å². The lowest BCUT2D eigenvalue weighted by Gasteiger charge is -2.57. The van der Waals surface area contributed by atoms with E-state index < -0.39 is 0 Å². The van der Waals surface area contributed by atoms with Gasteiger partial charge in [0, 0.05) is 56.4 Å². The number of nitrogens with one attached hydrogen (secondary N) is 1. The van der Waals surface area contributed by atoms with Crippen LogP contribution in [0.4, 0.5) is 16.6 Å². The number of nitrogens with two attached hydrogens (primary N) is 1. The van der Waals surface area contributed by atoms with E-state index in [4.69, 9.17) is 5.73 Å². The predicted octanol–water partition coefficient (Wildman–Crippen LogP) is 3.51. The van der Waals surface area contributed by atoms with Crippen LogP contribution in [0.15, 0.2) is 24.3 Å². The van der Waals surface area contributed by atoms with Gasteiger partial charge in [0.2, 0.25) is 5.95 Å². The Balaban J connectivity index is 1.08. The van der Waals surface area contributed by atoms with E-state index in [1.165, 1.54) is 49.7 Å². The third-order valence-corrected chi connectivity index (χ3v) is 9.77. The first-order valence-corrected chi connectivity index (χ1v) is 14.2. The van der Waals surface area contributed by atoms with Crippen molar-refractivity contribution in [1.29, 1.82) is 0 Å². The molecule has 0 radical (unpaired) electrons. The summed E-state index contributed by atoms with van der Waals surface area (Å²) in [7, 11) is 2.15. The molecule has 8 nitrogen and oxygen atoms in total. The van der Waals surface area contributed by atoms with E-state index >= 15 is 0 Å². The van der Waals surface area contributed by atoms with Crippen LogP contribution in [-0.2, 0) is 13.0 Å². The number of nitrogen functional groups attached to an aromatic ring is 1. The molecule has 4 aliphatic carbocycles. The van der Waals surface area contributed by atoms with Crippen LogP contribution in [0.25, 0.3) is 11.3 Å². The van der Waals surface area contributed by atoms with Gasteiger partial charge in [-0.1, -0.05) is 12.1 Å². The molecule has 6 aliphatic rings. The summed E-state index contributed by atoms with van der Waals surface area (Å²) in [4.78, 5) is 29.3. The van der Waals surface area contributed by atoms with Crippen LogP contribution < -0.4 is 16.0 Å². The van der Waals surface area contributed by atoms with Crippen LogP contribution in [0.2, 0.25) is 0 Å². The van der Waals surface area contributed by atoms with E-state index in [1.807, 2.05) is 4.90 Å². The second kappa shape index (κ2) is 8.86. The molecule has 0 unspecified atom stereocenters. The molecule has 2 aliphatic heterocycles. The quantitative estimate of drug-likeness (QED) is 0.669. The molecule has 0 spiro atoms. The zero-order chi connectivity index (χ0) is 25.1. The van der Waals surface area contributed by atoms with Crippen LogP contribution in [0, 0.1) is 17.8 Å². The standard InChI is InChI=1S/C29H39N7O/c1-34-6-8-35(9-7-34)26-14-25(31-27(30)32-26)23-3-2-22-4-5-36(18-24(22)13-23)28(37)33-29-15-19-10-20(16-29)12-21(11-19)17-29/h2-3,13-14,19-21H,4-12,15-18H2,1H3,(H,33,37)(H2,30,31,32). The second-order valence-corrected chi connectivity index (χ2v) is 12.5. The molecule has 2 aromatic rings. The summed E-state index contributed by atoms with van der Waals surface area (Å²) in [5.41, 5.74) is 10.6. The van der Waals surface area contributed by atoms with Gasteiger partial charge in [0.25, 0.3) is 0 Å². The first kappa shape index (κ1) is 23.3. The molecular weight excluding hydrogens is 462 g/mol. The van der Waals surface area contributed by atoms with E-state index in [0.29, 0.717) is 12.5 Å². The van der Waals surface area contributed by atoms with Crippen LogP contribution in [0.1, 0.15) is 49.7 Å². The van der Waals surface area contributed by atoms with Gasteiger partial charge >= 0.3 is 6.03 Å². The van der Waals surface area contributed by atoms with Crippen molar-refractivity contribution < 1.29 is 4.79 Å². The highest BCUT2D eigenvalue weighted by atomic mass is 16.2. The summed E-state index contributed by atoms with van der Waals surface area (Å²) in [6.45, 7) is 5.32. The fourth-order valence-corrected chi connectivity index (χ4v) is 8.26. The molecule has 1 saturated heterocycles. The number of hydrogen-bond donors (Lipinski definition) is 2. The van der Waals surface area contributed by atoms with Gasteiger partial charge in [0.05, 0.1) is 5.69 Å². The third kappa shape index (κ3) is 4.43. The maximum Gasteiger partial charge on any atom is 0.318 e. The van der Waals surface area contributed by atoms with Crippen molar-refractivity contribution in [1.82, 2.24) is 25.1 Å². The van der Waals surface area contributed by atoms with Crippen LogP contribution in [0.5, 0.6) is 0 Å². The molecule has 37 heavy (non-hydrogen) atoms. The van der Waals surface area contributed by atoms with Gasteiger partial charge in [-0.15, -0.1) is 0 Å². The van der Waals surface area contributed by atoms with Crippen LogP contribution >= 0.6 is 0 Å². The maximum atomic E-state index is 13.5. The van der Waals surface area contributed by atoms with Crippen molar-refractivity contribution in [2.45, 2.75) is 57.0 Å². The Labute approximate surface area is 219 Å². The molecule has 0 atom stereocenters. The Hall–Kier alpha value is -2.87. The summed E-state index contributed by atoms with van der Waals surface area (Å²) in [5, 5.41) is 3.57. The van der Waals surface area contributed by atoms with Gasteiger partial charge in [-0.05, 0) is 86.9 Å². The number of piperazine rings is 1. The van der Waals surface area contributed by atoms with Gasteiger partial charge in [-0.25, -0.2) is 9.78 Å². The number of benzene rings is 1. The van der Waals surface area contributed by atoms with Crippen LogP contribution in [0.3, 0.4) is 0 Å². The Morgan fingerprint density at radius 1 is 0.946 bits per heavy atom. The molecule has 4 saturated carbocycles. The molecule has 1 aromatic carbocycles. The van der Waals surface area contributed by atoms with Gasteiger partial charge < -0.3 is 25.8 Å². The minimum Gasteiger partial charge on any atom is -0.368 e. The van der Waals surface area contributed by atoms with Gasteiger partial charge in [0.15, 0.2) is 0 Å². The number of rotatable bonds is 3. The first-order chi connectivity index (χ1) is 17.9. The number of fused-ring (bicyclic) bond motifs is 1. The molecule has 8 rings (SSSR count).